The first-order valence-electron chi connectivity index (χ1n) is 3.62. The molecule has 0 aliphatic carbocycles. The first-order valence-corrected chi connectivity index (χ1v) is 6.19. The maximum absolute atomic E-state index is 11.0. The summed E-state index contributed by atoms with van der Waals surface area (Å²) in [5, 5.41) is 0. The molecular weight excluding hydrogens is 188 g/mol. The minimum Gasteiger partial charge on any atom is -0.494 e. The Morgan fingerprint density at radius 1 is 1.75 bits per heavy atom. The van der Waals surface area contributed by atoms with Crippen LogP contribution in [0.5, 0.6) is 0 Å². The monoisotopic (exact) mass is 202 g/mol. The van der Waals surface area contributed by atoms with Crippen LogP contribution in [0.1, 0.15) is 6.92 Å². The van der Waals surface area contributed by atoms with Gasteiger partial charge in [-0.2, -0.15) is 0 Å². The molecule has 0 saturated heterocycles. The van der Waals surface area contributed by atoms with Crippen molar-refractivity contribution in [1.29, 1.82) is 0 Å². The predicted octanol–water partition coefficient (Wildman–Crippen LogP) is -0.191. The molecule has 0 aromatic heterocycles. The van der Waals surface area contributed by atoms with Gasteiger partial charge >= 0.3 is 15.3 Å². The highest BCUT2D eigenvalue weighted by Gasteiger charge is 2.14. The molecular formula is C7H14O3Si2. The molecule has 12 heavy (non-hydrogen) atoms. The molecule has 0 aromatic rings. The Balaban J connectivity index is 3.93. The van der Waals surface area contributed by atoms with E-state index < -0.39 is 9.28 Å². The fourth-order valence-electron chi connectivity index (χ4n) is 0.549. The van der Waals surface area contributed by atoms with E-state index in [1.165, 1.54) is 0 Å². The van der Waals surface area contributed by atoms with E-state index in [-0.39, 0.29) is 5.97 Å². The van der Waals surface area contributed by atoms with Gasteiger partial charge in [-0.15, -0.1) is 6.58 Å². The zero-order chi connectivity index (χ0) is 9.56. The summed E-state index contributed by atoms with van der Waals surface area (Å²) in [7, 11) is -1.20. The largest absolute Gasteiger partial charge is 0.494 e. The second-order valence-corrected chi connectivity index (χ2v) is 5.83. The van der Waals surface area contributed by atoms with Crippen LogP contribution in [0.4, 0.5) is 0 Å². The van der Waals surface area contributed by atoms with Gasteiger partial charge in [-0.25, -0.2) is 4.79 Å². The van der Waals surface area contributed by atoms with Gasteiger partial charge < -0.3 is 8.54 Å². The molecule has 0 aliphatic heterocycles. The lowest BCUT2D eigenvalue weighted by atomic mass is 10.4. The first-order chi connectivity index (χ1) is 5.61. The molecule has 0 rings (SSSR count). The third kappa shape index (κ3) is 4.27. The Morgan fingerprint density at radius 2 is 2.33 bits per heavy atom. The van der Waals surface area contributed by atoms with Crippen molar-refractivity contribution in [3.8, 4) is 0 Å². The van der Waals surface area contributed by atoms with Crippen LogP contribution in [-0.4, -0.2) is 25.7 Å². The molecule has 0 aromatic carbocycles. The lowest BCUT2D eigenvalue weighted by Gasteiger charge is -2.12. The summed E-state index contributed by atoms with van der Waals surface area (Å²) < 4.78 is 10.2. The normalized spacial score (nSPS) is 12.1. The van der Waals surface area contributed by atoms with Gasteiger partial charge in [0.1, 0.15) is 10.5 Å². The fraction of sp³-hybridized carbons (Fsp3) is 0.286. The highest BCUT2D eigenvalue weighted by atomic mass is 28.3. The molecule has 0 saturated carbocycles. The van der Waals surface area contributed by atoms with Gasteiger partial charge in [0.05, 0.1) is 0 Å². The Morgan fingerprint density at radius 3 is 2.67 bits per heavy atom. The summed E-state index contributed by atoms with van der Waals surface area (Å²) in [5.74, 6) is -0.357. The molecule has 0 amide bonds. The molecule has 1 unspecified atom stereocenters. The van der Waals surface area contributed by atoms with Crippen LogP contribution in [0.3, 0.4) is 0 Å². The third-order valence-corrected chi connectivity index (χ3v) is 4.51. The number of rotatable bonds is 5. The summed E-state index contributed by atoms with van der Waals surface area (Å²) in [6.45, 7) is 8.66. The second kappa shape index (κ2) is 5.93. The van der Waals surface area contributed by atoms with E-state index in [1.807, 2.05) is 0 Å². The van der Waals surface area contributed by atoms with Crippen LogP contribution in [-0.2, 0) is 13.3 Å². The molecule has 0 bridgehead atoms. The van der Waals surface area contributed by atoms with E-state index in [4.69, 9.17) is 8.54 Å². The highest BCUT2D eigenvalue weighted by molar-refractivity contribution is 6.51. The minimum absolute atomic E-state index is 0.357. The maximum atomic E-state index is 11.0. The Labute approximate surface area is 77.5 Å². The molecule has 0 radical (unpaired) electrons. The average molecular weight is 202 g/mol. The first kappa shape index (κ1) is 11.3. The van der Waals surface area contributed by atoms with Crippen molar-refractivity contribution >= 4 is 25.7 Å². The van der Waals surface area contributed by atoms with Crippen LogP contribution in [0.2, 0.25) is 6.04 Å². The standard InChI is InChI=1S/C7H14O3Si2/c1-4-5-12(10-11)9-7(8)6(2)3/h4,12H,1-2,5H2,3,11H3. The second-order valence-electron chi connectivity index (χ2n) is 2.38. The lowest BCUT2D eigenvalue weighted by Crippen LogP contribution is -2.25. The van der Waals surface area contributed by atoms with E-state index in [1.54, 1.807) is 13.0 Å². The van der Waals surface area contributed by atoms with E-state index in [0.717, 1.165) is 0 Å². The zero-order valence-corrected chi connectivity index (χ0v) is 10.7. The SMILES string of the molecule is C=CC[SiH](O[SiH3])OC(=O)C(=C)C. The summed E-state index contributed by atoms with van der Waals surface area (Å²) in [6, 6.07) is 0.655. The molecule has 5 heteroatoms. The van der Waals surface area contributed by atoms with Crippen LogP contribution in [0.25, 0.3) is 0 Å². The van der Waals surface area contributed by atoms with Gasteiger partial charge in [-0.05, 0) is 6.92 Å². The van der Waals surface area contributed by atoms with Gasteiger partial charge in [0.2, 0.25) is 0 Å². The van der Waals surface area contributed by atoms with Crippen molar-refractivity contribution in [2.75, 3.05) is 0 Å². The van der Waals surface area contributed by atoms with Crippen molar-refractivity contribution in [2.45, 2.75) is 13.0 Å². The summed E-state index contributed by atoms with van der Waals surface area (Å²) in [6.07, 6.45) is 1.71. The number of hydrogen-bond donors (Lipinski definition) is 0. The molecule has 0 spiro atoms. The summed E-state index contributed by atoms with van der Waals surface area (Å²) in [5.41, 5.74) is 0.412. The van der Waals surface area contributed by atoms with Gasteiger partial charge in [0.25, 0.3) is 0 Å². The van der Waals surface area contributed by atoms with Crippen molar-refractivity contribution in [1.82, 2.24) is 0 Å². The van der Waals surface area contributed by atoms with Crippen LogP contribution in [0, 0.1) is 0 Å². The van der Waals surface area contributed by atoms with Crippen LogP contribution >= 0.6 is 0 Å². The number of carbonyl (C=O) groups is 1. The maximum Gasteiger partial charge on any atom is 0.378 e. The Bertz CT molecular complexity index is 191. The van der Waals surface area contributed by atoms with E-state index in [9.17, 15) is 4.79 Å². The summed E-state index contributed by atoms with van der Waals surface area (Å²) in [4.78, 5) is 11.0. The van der Waals surface area contributed by atoms with Crippen molar-refractivity contribution in [3.63, 3.8) is 0 Å². The molecule has 68 valence electrons. The molecule has 0 fully saturated rings. The van der Waals surface area contributed by atoms with Gasteiger partial charge in [0, 0.05) is 11.6 Å². The molecule has 0 aliphatic rings. The van der Waals surface area contributed by atoms with Crippen LogP contribution in [0.15, 0.2) is 24.8 Å². The third-order valence-electron chi connectivity index (χ3n) is 1.21. The molecule has 3 nitrogen and oxygen atoms in total. The topological polar surface area (TPSA) is 35.5 Å². The highest BCUT2D eigenvalue weighted by Crippen LogP contribution is 2.00. The lowest BCUT2D eigenvalue weighted by molar-refractivity contribution is -0.131. The van der Waals surface area contributed by atoms with E-state index in [2.05, 4.69) is 13.2 Å². The quantitative estimate of drug-likeness (QED) is 0.352. The molecule has 0 N–H and O–H groups in total. The zero-order valence-electron chi connectivity index (χ0n) is 7.50. The van der Waals surface area contributed by atoms with E-state index in [0.29, 0.717) is 22.1 Å². The molecule has 0 heterocycles. The van der Waals surface area contributed by atoms with Gasteiger partial charge in [-0.3, -0.25) is 0 Å². The van der Waals surface area contributed by atoms with Gasteiger partial charge in [-0.1, -0.05) is 12.7 Å². The average Bonchev–Trinajstić information content (AvgIpc) is 2.03. The summed E-state index contributed by atoms with van der Waals surface area (Å²) >= 11 is 0. The van der Waals surface area contributed by atoms with Gasteiger partial charge in [0.15, 0.2) is 0 Å². The molecule has 1 atom stereocenters. The fourth-order valence-corrected chi connectivity index (χ4v) is 2.51. The smallest absolute Gasteiger partial charge is 0.378 e. The van der Waals surface area contributed by atoms with Crippen LogP contribution < -0.4 is 0 Å². The van der Waals surface area contributed by atoms with Crippen molar-refractivity contribution in [3.05, 3.63) is 24.8 Å². The number of allylic oxidation sites excluding steroid dienone is 1. The van der Waals surface area contributed by atoms with Crippen molar-refractivity contribution in [2.24, 2.45) is 0 Å². The van der Waals surface area contributed by atoms with E-state index >= 15 is 0 Å². The van der Waals surface area contributed by atoms with Crippen molar-refractivity contribution < 1.29 is 13.3 Å². The predicted molar refractivity (Wildman–Crippen MR) is 54.1 cm³/mol. The number of carbonyl (C=O) groups excluding carboxylic acids is 1. The Kier molecular flexibility index (Phi) is 5.60. The Hall–Kier alpha value is -0.656. The number of hydrogen-bond acceptors (Lipinski definition) is 3. The minimum atomic E-state index is -1.79.